The molecule has 4 heteroatoms. The van der Waals surface area contributed by atoms with Crippen molar-refractivity contribution in [3.05, 3.63) is 0 Å². The predicted octanol–water partition coefficient (Wildman–Crippen LogP) is 0.800. The van der Waals surface area contributed by atoms with E-state index in [0.29, 0.717) is 6.42 Å². The molecule has 1 N–H and O–H groups in total. The summed E-state index contributed by atoms with van der Waals surface area (Å²) >= 11 is 0. The Kier molecular flexibility index (Phi) is 9.83. The smallest absolute Gasteiger partial charge is 0.301 e. The summed E-state index contributed by atoms with van der Waals surface area (Å²) in [5, 5.41) is 7.62. The molecule has 0 aliphatic rings. The van der Waals surface area contributed by atoms with Gasteiger partial charge in [0.1, 0.15) is 0 Å². The molecule has 0 heterocycles. The molecule has 0 saturated carbocycles. The van der Waals surface area contributed by atoms with Gasteiger partial charge in [0.25, 0.3) is 0 Å². The van der Waals surface area contributed by atoms with Crippen LogP contribution in [0.4, 0.5) is 0 Å². The van der Waals surface area contributed by atoms with Gasteiger partial charge < -0.3 is 4.89 Å². The van der Waals surface area contributed by atoms with Gasteiger partial charge in [-0.3, -0.25) is 0 Å². The summed E-state index contributed by atoms with van der Waals surface area (Å²) in [6.07, 6.45) is 0.996. The Hall–Kier alpha value is 0.144. The van der Waals surface area contributed by atoms with Crippen LogP contribution in [0.5, 0.6) is 0 Å². The largest absolute Gasteiger partial charge is 0.342 e. The summed E-state index contributed by atoms with van der Waals surface area (Å²) in [5.74, 6) is -0.567. The standard InChI is InChI=1S/C4H8O3.Ti/c1-2-3-4(5)7-6;/h6H,2-3H2,1H3;. The average molecular weight is 152 g/mol. The van der Waals surface area contributed by atoms with E-state index in [1.54, 1.807) is 0 Å². The first-order valence-electron chi connectivity index (χ1n) is 2.15. The first-order valence-corrected chi connectivity index (χ1v) is 2.15. The van der Waals surface area contributed by atoms with E-state index >= 15 is 0 Å². The Balaban J connectivity index is 0. The molecule has 0 fully saturated rings. The maximum Gasteiger partial charge on any atom is 0.342 e. The molecule has 0 spiro atoms. The van der Waals surface area contributed by atoms with E-state index in [9.17, 15) is 4.79 Å². The van der Waals surface area contributed by atoms with Crippen molar-refractivity contribution < 1.29 is 36.7 Å². The minimum absolute atomic E-state index is 0. The fourth-order valence-corrected chi connectivity index (χ4v) is 0.250. The Morgan fingerprint density at radius 2 is 2.25 bits per heavy atom. The van der Waals surface area contributed by atoms with Gasteiger partial charge in [-0.2, -0.15) is 5.26 Å². The van der Waals surface area contributed by atoms with Crippen molar-refractivity contribution in [2.45, 2.75) is 19.8 Å². The molecule has 0 aliphatic heterocycles. The van der Waals surface area contributed by atoms with Gasteiger partial charge in [-0.25, -0.2) is 4.79 Å². The Labute approximate surface area is 62.8 Å². The molecule has 0 unspecified atom stereocenters. The van der Waals surface area contributed by atoms with Crippen LogP contribution >= 0.6 is 0 Å². The molecule has 8 heavy (non-hydrogen) atoms. The molecule has 0 radical (unpaired) electrons. The summed E-state index contributed by atoms with van der Waals surface area (Å²) in [4.78, 5) is 13.3. The molecule has 0 rings (SSSR count). The van der Waals surface area contributed by atoms with Crippen LogP contribution in [0.3, 0.4) is 0 Å². The second kappa shape index (κ2) is 7.14. The van der Waals surface area contributed by atoms with Gasteiger partial charge in [0, 0.05) is 28.1 Å². The molecule has 0 aromatic rings. The molecular formula is C4H8O3Ti. The summed E-state index contributed by atoms with van der Waals surface area (Å²) in [7, 11) is 0. The van der Waals surface area contributed by atoms with Crippen LogP contribution in [0.25, 0.3) is 0 Å². The maximum atomic E-state index is 9.94. The van der Waals surface area contributed by atoms with E-state index in [2.05, 4.69) is 4.89 Å². The number of hydrogen-bond acceptors (Lipinski definition) is 3. The molecule has 3 nitrogen and oxygen atoms in total. The van der Waals surface area contributed by atoms with Gasteiger partial charge in [-0.1, -0.05) is 6.92 Å². The number of carbonyl (C=O) groups is 1. The molecule has 0 aromatic heterocycles. The normalized spacial score (nSPS) is 7.25. The first-order chi connectivity index (χ1) is 3.31. The van der Waals surface area contributed by atoms with Crippen LogP contribution in [0.2, 0.25) is 0 Å². The Morgan fingerprint density at radius 3 is 2.38 bits per heavy atom. The van der Waals surface area contributed by atoms with E-state index in [1.807, 2.05) is 6.92 Å². The monoisotopic (exact) mass is 152 g/mol. The van der Waals surface area contributed by atoms with Crippen molar-refractivity contribution in [1.29, 1.82) is 0 Å². The van der Waals surface area contributed by atoms with Crippen LogP contribution in [0.15, 0.2) is 0 Å². The quantitative estimate of drug-likeness (QED) is 0.361. The summed E-state index contributed by atoms with van der Waals surface area (Å²) in [6, 6.07) is 0. The summed E-state index contributed by atoms with van der Waals surface area (Å²) in [5.41, 5.74) is 0. The van der Waals surface area contributed by atoms with Gasteiger partial charge in [0.05, 0.1) is 0 Å². The van der Waals surface area contributed by atoms with Gasteiger partial charge in [-0.05, 0) is 6.42 Å². The van der Waals surface area contributed by atoms with Crippen molar-refractivity contribution in [3.8, 4) is 0 Å². The van der Waals surface area contributed by atoms with Gasteiger partial charge in [0.2, 0.25) is 0 Å². The second-order valence-corrected chi connectivity index (χ2v) is 1.21. The van der Waals surface area contributed by atoms with Gasteiger partial charge in [0.15, 0.2) is 0 Å². The van der Waals surface area contributed by atoms with E-state index < -0.39 is 5.97 Å². The van der Waals surface area contributed by atoms with Gasteiger partial charge in [-0.15, -0.1) is 0 Å². The number of rotatable bonds is 2. The van der Waals surface area contributed by atoms with Crippen LogP contribution in [0.1, 0.15) is 19.8 Å². The SMILES string of the molecule is CCCC(=O)OO.[Ti]. The van der Waals surface area contributed by atoms with Crippen LogP contribution in [-0.4, -0.2) is 11.2 Å². The molecule has 0 aliphatic carbocycles. The van der Waals surface area contributed by atoms with Crippen molar-refractivity contribution in [2.75, 3.05) is 0 Å². The molecule has 0 saturated heterocycles. The Bertz CT molecular complexity index is 64.3. The fraction of sp³-hybridized carbons (Fsp3) is 0.750. The average Bonchev–Trinajstić information content (AvgIpc) is 1.68. The van der Waals surface area contributed by atoms with Crippen LogP contribution in [0, 0.1) is 0 Å². The van der Waals surface area contributed by atoms with Crippen molar-refractivity contribution in [2.24, 2.45) is 0 Å². The zero-order valence-electron chi connectivity index (χ0n) is 4.68. The van der Waals surface area contributed by atoms with Gasteiger partial charge >= 0.3 is 5.97 Å². The van der Waals surface area contributed by atoms with E-state index in [-0.39, 0.29) is 28.1 Å². The molecule has 0 atom stereocenters. The van der Waals surface area contributed by atoms with Crippen molar-refractivity contribution in [1.82, 2.24) is 0 Å². The zero-order chi connectivity index (χ0) is 5.70. The third-order valence-corrected chi connectivity index (χ3v) is 0.556. The number of carbonyl (C=O) groups excluding carboxylic acids is 1. The number of hydrogen-bond donors (Lipinski definition) is 1. The van der Waals surface area contributed by atoms with Crippen molar-refractivity contribution in [3.63, 3.8) is 0 Å². The maximum absolute atomic E-state index is 9.94. The predicted molar refractivity (Wildman–Crippen MR) is 23.6 cm³/mol. The molecule has 0 aromatic carbocycles. The minimum Gasteiger partial charge on any atom is -0.301 e. The van der Waals surface area contributed by atoms with Crippen LogP contribution in [-0.2, 0) is 31.4 Å². The fourth-order valence-electron chi connectivity index (χ4n) is 0.250. The third-order valence-electron chi connectivity index (χ3n) is 0.556. The molecule has 46 valence electrons. The Morgan fingerprint density at radius 1 is 1.75 bits per heavy atom. The molecular weight excluding hydrogens is 144 g/mol. The zero-order valence-corrected chi connectivity index (χ0v) is 6.24. The third kappa shape index (κ3) is 6.14. The summed E-state index contributed by atoms with van der Waals surface area (Å²) < 4.78 is 0. The van der Waals surface area contributed by atoms with E-state index in [1.165, 1.54) is 0 Å². The second-order valence-electron chi connectivity index (χ2n) is 1.21. The molecule has 0 amide bonds. The first kappa shape index (κ1) is 11.0. The minimum atomic E-state index is -0.567. The van der Waals surface area contributed by atoms with E-state index in [0.717, 1.165) is 0 Å². The van der Waals surface area contributed by atoms with Crippen LogP contribution < -0.4 is 0 Å². The van der Waals surface area contributed by atoms with E-state index in [4.69, 9.17) is 5.26 Å². The summed E-state index contributed by atoms with van der Waals surface area (Å²) in [6.45, 7) is 1.83. The molecule has 0 bridgehead atoms. The topological polar surface area (TPSA) is 46.5 Å². The van der Waals surface area contributed by atoms with Crippen molar-refractivity contribution >= 4 is 5.97 Å².